The van der Waals surface area contributed by atoms with E-state index >= 15 is 0 Å². The van der Waals surface area contributed by atoms with E-state index in [2.05, 4.69) is 84.9 Å². The van der Waals surface area contributed by atoms with Crippen LogP contribution in [0.4, 0.5) is 0 Å². The second-order valence-electron chi connectivity index (χ2n) is 6.41. The first kappa shape index (κ1) is 17.2. The fourth-order valence-electron chi connectivity index (χ4n) is 3.23. The summed E-state index contributed by atoms with van der Waals surface area (Å²) >= 11 is 0. The zero-order chi connectivity index (χ0) is 17.6. The van der Waals surface area contributed by atoms with Crippen LogP contribution in [0.5, 0.6) is 5.75 Å². The van der Waals surface area contributed by atoms with Crippen molar-refractivity contribution in [3.63, 3.8) is 0 Å². The van der Waals surface area contributed by atoms with Crippen LogP contribution in [0.3, 0.4) is 0 Å². The molecule has 1 aliphatic heterocycles. The summed E-state index contributed by atoms with van der Waals surface area (Å²) in [5.74, 6) is 0.886. The standard InChI is InChI=1S/C23H24O2S/c1-3-9-20(10-4-1)26(21-11-5-2-6-12-21)22-16-14-19(15-17-22)25-23-13-7-8-18-24-23/h1-6,9-12,14-17,23,26H,7-8,13,18H2. The van der Waals surface area contributed by atoms with Gasteiger partial charge in [0.25, 0.3) is 0 Å². The van der Waals surface area contributed by atoms with Crippen LogP contribution < -0.4 is 4.74 Å². The van der Waals surface area contributed by atoms with Crippen LogP contribution in [-0.2, 0) is 4.74 Å². The molecule has 0 aromatic heterocycles. The Morgan fingerprint density at radius 2 is 1.27 bits per heavy atom. The quantitative estimate of drug-likeness (QED) is 0.554. The molecule has 0 radical (unpaired) electrons. The summed E-state index contributed by atoms with van der Waals surface area (Å²) in [5.41, 5.74) is 0. The predicted molar refractivity (Wildman–Crippen MR) is 107 cm³/mol. The van der Waals surface area contributed by atoms with Gasteiger partial charge in [0.05, 0.1) is 6.61 Å². The van der Waals surface area contributed by atoms with Gasteiger partial charge in [0.15, 0.2) is 6.29 Å². The van der Waals surface area contributed by atoms with Crippen LogP contribution in [0.25, 0.3) is 0 Å². The maximum atomic E-state index is 5.99. The second kappa shape index (κ2) is 8.43. The normalized spacial score (nSPS) is 17.5. The van der Waals surface area contributed by atoms with Gasteiger partial charge in [-0.3, -0.25) is 0 Å². The molecule has 134 valence electrons. The Kier molecular flexibility index (Phi) is 5.58. The topological polar surface area (TPSA) is 18.5 Å². The Balaban J connectivity index is 1.59. The first-order valence-electron chi connectivity index (χ1n) is 9.19. The molecule has 0 saturated carbocycles. The smallest absolute Gasteiger partial charge is 0.199 e. The van der Waals surface area contributed by atoms with E-state index in [4.69, 9.17) is 9.47 Å². The van der Waals surface area contributed by atoms with Crippen molar-refractivity contribution in [1.82, 2.24) is 0 Å². The van der Waals surface area contributed by atoms with Crippen LogP contribution >= 0.6 is 10.9 Å². The van der Waals surface area contributed by atoms with E-state index in [1.807, 2.05) is 0 Å². The molecule has 26 heavy (non-hydrogen) atoms. The maximum Gasteiger partial charge on any atom is 0.199 e. The van der Waals surface area contributed by atoms with Crippen molar-refractivity contribution in [1.29, 1.82) is 0 Å². The molecule has 3 aromatic rings. The summed E-state index contributed by atoms with van der Waals surface area (Å²) < 4.78 is 11.7. The van der Waals surface area contributed by atoms with Crippen molar-refractivity contribution in [2.75, 3.05) is 6.61 Å². The zero-order valence-electron chi connectivity index (χ0n) is 14.8. The lowest BCUT2D eigenvalue weighted by Gasteiger charge is -2.25. The molecule has 0 amide bonds. The number of benzene rings is 3. The summed E-state index contributed by atoms with van der Waals surface area (Å²) in [5, 5.41) is 0. The molecule has 1 atom stereocenters. The van der Waals surface area contributed by atoms with E-state index in [0.717, 1.165) is 25.2 Å². The molecule has 3 heteroatoms. The Morgan fingerprint density at radius 1 is 0.692 bits per heavy atom. The highest BCUT2D eigenvalue weighted by Gasteiger charge is 2.16. The zero-order valence-corrected chi connectivity index (χ0v) is 15.6. The van der Waals surface area contributed by atoms with Crippen LogP contribution in [-0.4, -0.2) is 12.9 Å². The minimum absolute atomic E-state index is 0.0978. The van der Waals surface area contributed by atoms with Crippen LogP contribution in [0, 0.1) is 0 Å². The second-order valence-corrected chi connectivity index (χ2v) is 8.63. The van der Waals surface area contributed by atoms with E-state index in [0.29, 0.717) is 0 Å². The SMILES string of the molecule is c1ccc([SH](c2ccccc2)c2ccc(OC3CCCCO3)cc2)cc1. The molecule has 1 unspecified atom stereocenters. The molecule has 1 fully saturated rings. The molecule has 2 nitrogen and oxygen atoms in total. The molecule has 4 rings (SSSR count). The summed E-state index contributed by atoms with van der Waals surface area (Å²) in [6.07, 6.45) is 3.19. The maximum absolute atomic E-state index is 5.99. The van der Waals surface area contributed by atoms with Crippen LogP contribution in [0.1, 0.15) is 19.3 Å². The number of rotatable bonds is 5. The summed E-state index contributed by atoms with van der Waals surface area (Å²) in [4.78, 5) is 4.05. The highest BCUT2D eigenvalue weighted by molar-refractivity contribution is 8.17. The van der Waals surface area contributed by atoms with Gasteiger partial charge in [-0.2, -0.15) is 10.9 Å². The lowest BCUT2D eigenvalue weighted by atomic mass is 10.2. The highest BCUT2D eigenvalue weighted by Crippen LogP contribution is 2.51. The van der Waals surface area contributed by atoms with Crippen molar-refractivity contribution < 1.29 is 9.47 Å². The lowest BCUT2D eigenvalue weighted by molar-refractivity contribution is -0.105. The number of ether oxygens (including phenoxy) is 2. The molecule has 1 saturated heterocycles. The Labute approximate surface area is 158 Å². The summed E-state index contributed by atoms with van der Waals surface area (Å²) in [6, 6.07) is 30.0. The fraction of sp³-hybridized carbons (Fsp3) is 0.217. The van der Waals surface area contributed by atoms with Gasteiger partial charge in [-0.1, -0.05) is 36.4 Å². The molecule has 0 spiro atoms. The highest BCUT2D eigenvalue weighted by atomic mass is 32.2. The van der Waals surface area contributed by atoms with Gasteiger partial charge in [0.2, 0.25) is 0 Å². The molecule has 0 N–H and O–H groups in total. The minimum atomic E-state index is -0.565. The van der Waals surface area contributed by atoms with Crippen LogP contribution in [0.2, 0.25) is 0 Å². The number of hydrogen-bond acceptors (Lipinski definition) is 2. The summed E-state index contributed by atoms with van der Waals surface area (Å²) in [6.45, 7) is 0.802. The Morgan fingerprint density at radius 3 is 1.81 bits per heavy atom. The minimum Gasteiger partial charge on any atom is -0.465 e. The average molecular weight is 365 g/mol. The van der Waals surface area contributed by atoms with Gasteiger partial charge >= 0.3 is 0 Å². The van der Waals surface area contributed by atoms with Gasteiger partial charge in [-0.25, -0.2) is 0 Å². The van der Waals surface area contributed by atoms with Crippen molar-refractivity contribution in [3.8, 4) is 5.75 Å². The molecule has 0 aliphatic carbocycles. The van der Waals surface area contributed by atoms with Crippen molar-refractivity contribution in [3.05, 3.63) is 84.9 Å². The van der Waals surface area contributed by atoms with Gasteiger partial charge < -0.3 is 9.47 Å². The molecule has 1 aliphatic rings. The number of hydrogen-bond donors (Lipinski definition) is 1. The molecule has 1 heterocycles. The van der Waals surface area contributed by atoms with Gasteiger partial charge in [0, 0.05) is 6.42 Å². The third-order valence-electron chi connectivity index (χ3n) is 4.53. The van der Waals surface area contributed by atoms with Crippen molar-refractivity contribution in [2.45, 2.75) is 40.2 Å². The van der Waals surface area contributed by atoms with E-state index in [1.54, 1.807) is 0 Å². The van der Waals surface area contributed by atoms with E-state index in [-0.39, 0.29) is 6.29 Å². The van der Waals surface area contributed by atoms with E-state index in [9.17, 15) is 0 Å². The summed E-state index contributed by atoms with van der Waals surface area (Å²) in [7, 11) is -0.565. The third kappa shape index (κ3) is 4.12. The average Bonchev–Trinajstić information content (AvgIpc) is 2.72. The first-order valence-corrected chi connectivity index (χ1v) is 10.5. The first-order chi connectivity index (χ1) is 12.9. The molecule has 0 bridgehead atoms. The molecule has 3 aromatic carbocycles. The monoisotopic (exact) mass is 364 g/mol. The van der Waals surface area contributed by atoms with Gasteiger partial charge in [0.1, 0.15) is 5.75 Å². The Hall–Kier alpha value is -2.23. The van der Waals surface area contributed by atoms with Crippen LogP contribution in [0.15, 0.2) is 99.6 Å². The molecular formula is C23H24O2S. The van der Waals surface area contributed by atoms with E-state index in [1.165, 1.54) is 21.1 Å². The van der Waals surface area contributed by atoms with Crippen molar-refractivity contribution >= 4 is 10.9 Å². The molecular weight excluding hydrogens is 340 g/mol. The van der Waals surface area contributed by atoms with Crippen molar-refractivity contribution in [2.24, 2.45) is 0 Å². The lowest BCUT2D eigenvalue weighted by Crippen LogP contribution is -2.24. The van der Waals surface area contributed by atoms with Gasteiger partial charge in [-0.05, 0) is 76.1 Å². The number of thiol groups is 1. The third-order valence-corrected chi connectivity index (χ3v) is 6.97. The predicted octanol–water partition coefficient (Wildman–Crippen LogP) is 6.07. The fourth-order valence-corrected chi connectivity index (χ4v) is 5.51. The Bertz CT molecular complexity index is 757. The van der Waals surface area contributed by atoms with Gasteiger partial charge in [-0.15, -0.1) is 0 Å². The largest absolute Gasteiger partial charge is 0.465 e. The van der Waals surface area contributed by atoms with E-state index < -0.39 is 10.9 Å².